The largest absolute Gasteiger partial charge is 1.00 e. The van der Waals surface area contributed by atoms with Crippen LogP contribution in [0.5, 0.6) is 0 Å². The minimum absolute atomic E-state index is 0. The molecule has 3 aliphatic rings. The van der Waals surface area contributed by atoms with Gasteiger partial charge in [-0.05, 0) is 0 Å². The van der Waals surface area contributed by atoms with Crippen LogP contribution in [0.3, 0.4) is 0 Å². The normalized spacial score (nSPS) is 20.2. The van der Waals surface area contributed by atoms with Gasteiger partial charge in [0.1, 0.15) is 0 Å². The SMILES string of the molecule is C[Si]1(C)C2=CC[C](=C2CCCO)[Zr+2][C]2=C(CCCO)C1=CC2.[Cl-].[Cl-]. The first-order valence-electron chi connectivity index (χ1n) is 8.44. The second-order valence-electron chi connectivity index (χ2n) is 6.96. The molecule has 0 aromatic heterocycles. The Balaban J connectivity index is 0.00000144. The molecule has 0 aromatic rings. The molecule has 3 rings (SSSR count). The average Bonchev–Trinajstić information content (AvgIpc) is 3.09. The van der Waals surface area contributed by atoms with Crippen molar-refractivity contribution < 1.29 is 58.3 Å². The van der Waals surface area contributed by atoms with Crippen molar-refractivity contribution >= 4 is 8.07 Å². The molecule has 0 amide bonds. The molecular formula is C18H26Cl2O2SiZr. The summed E-state index contributed by atoms with van der Waals surface area (Å²) in [5.74, 6) is 0. The van der Waals surface area contributed by atoms with Crippen LogP contribution in [0.4, 0.5) is 0 Å². The number of allylic oxidation sites excluding steroid dienone is 8. The topological polar surface area (TPSA) is 40.5 Å². The summed E-state index contributed by atoms with van der Waals surface area (Å²) in [5, 5.41) is 21.8. The maximum atomic E-state index is 9.24. The number of aliphatic hydroxyl groups is 2. The summed E-state index contributed by atoms with van der Waals surface area (Å²) in [5.41, 5.74) is 3.31. The van der Waals surface area contributed by atoms with Crippen LogP contribution in [0.2, 0.25) is 13.1 Å². The first kappa shape index (κ1) is 22.6. The zero-order chi connectivity index (χ0) is 15.7. The summed E-state index contributed by atoms with van der Waals surface area (Å²) in [6.45, 7) is 5.63. The van der Waals surface area contributed by atoms with Gasteiger partial charge in [0.15, 0.2) is 0 Å². The molecule has 2 N–H and O–H groups in total. The van der Waals surface area contributed by atoms with Crippen molar-refractivity contribution in [3.05, 3.63) is 40.3 Å². The molecule has 0 unspecified atom stereocenters. The van der Waals surface area contributed by atoms with Gasteiger partial charge in [-0.1, -0.05) is 0 Å². The molecule has 6 heteroatoms. The molecule has 0 fully saturated rings. The van der Waals surface area contributed by atoms with E-state index in [-0.39, 0.29) is 24.8 Å². The van der Waals surface area contributed by atoms with Gasteiger partial charge >= 0.3 is 147 Å². The third kappa shape index (κ3) is 4.10. The minimum atomic E-state index is -1.60. The average molecular weight is 465 g/mol. The molecule has 0 saturated carbocycles. The second kappa shape index (κ2) is 9.48. The van der Waals surface area contributed by atoms with Crippen LogP contribution in [-0.2, 0) is 23.2 Å². The maximum Gasteiger partial charge on any atom is -1.00 e. The van der Waals surface area contributed by atoms with Gasteiger partial charge in [0, 0.05) is 0 Å². The molecular weight excluding hydrogens is 438 g/mol. The van der Waals surface area contributed by atoms with E-state index < -0.39 is 31.3 Å². The maximum absolute atomic E-state index is 9.24. The third-order valence-electron chi connectivity index (χ3n) is 5.22. The van der Waals surface area contributed by atoms with Crippen molar-refractivity contribution in [2.24, 2.45) is 0 Å². The Morgan fingerprint density at radius 2 is 1.29 bits per heavy atom. The summed E-state index contributed by atoms with van der Waals surface area (Å²) in [6, 6.07) is 0. The van der Waals surface area contributed by atoms with E-state index >= 15 is 0 Å². The van der Waals surface area contributed by atoms with E-state index in [9.17, 15) is 10.2 Å². The van der Waals surface area contributed by atoms with Crippen LogP contribution < -0.4 is 24.8 Å². The van der Waals surface area contributed by atoms with Crippen LogP contribution in [0.25, 0.3) is 0 Å². The molecule has 132 valence electrons. The number of halogens is 2. The van der Waals surface area contributed by atoms with Crippen molar-refractivity contribution in [1.29, 1.82) is 0 Å². The molecule has 2 aliphatic carbocycles. The summed E-state index contributed by atoms with van der Waals surface area (Å²) in [4.78, 5) is 0. The summed E-state index contributed by atoms with van der Waals surface area (Å²) < 4.78 is 3.55. The molecule has 24 heavy (non-hydrogen) atoms. The van der Waals surface area contributed by atoms with Crippen molar-refractivity contribution in [3.63, 3.8) is 0 Å². The first-order valence-corrected chi connectivity index (χ1v) is 13.9. The van der Waals surface area contributed by atoms with E-state index in [1.165, 1.54) is 12.8 Å². The fourth-order valence-electron chi connectivity index (χ4n) is 4.15. The van der Waals surface area contributed by atoms with Gasteiger partial charge in [0.05, 0.1) is 0 Å². The van der Waals surface area contributed by atoms with Gasteiger partial charge in [-0.3, -0.25) is 0 Å². The molecule has 1 aliphatic heterocycles. The van der Waals surface area contributed by atoms with Gasteiger partial charge < -0.3 is 24.8 Å². The fourth-order valence-corrected chi connectivity index (χ4v) is 12.3. The van der Waals surface area contributed by atoms with Gasteiger partial charge in [-0.2, -0.15) is 0 Å². The van der Waals surface area contributed by atoms with Crippen LogP contribution in [0, 0.1) is 0 Å². The predicted molar refractivity (Wildman–Crippen MR) is 89.6 cm³/mol. The van der Waals surface area contributed by atoms with E-state index in [1.807, 2.05) is 0 Å². The Morgan fingerprint density at radius 1 is 0.875 bits per heavy atom. The molecule has 0 saturated heterocycles. The molecule has 2 nitrogen and oxygen atoms in total. The zero-order valence-corrected chi connectivity index (χ0v) is 19.4. The van der Waals surface area contributed by atoms with Gasteiger partial charge in [-0.15, -0.1) is 0 Å². The standard InChI is InChI=1S/C18H26O2Si.2ClH.Zr/c1-21(2,17-11-3-7-15(17)9-5-13-19)18-12-4-8-16(18)10-6-14-20;;;/h11-12,19-20H,3-6,9-10,13-14H2,1-2H3;2*1H;/q;;;+2/p-2. The van der Waals surface area contributed by atoms with Crippen molar-refractivity contribution in [3.8, 4) is 0 Å². The monoisotopic (exact) mass is 462 g/mol. The first-order chi connectivity index (χ1) is 10.6. The van der Waals surface area contributed by atoms with Crippen LogP contribution in [0.15, 0.2) is 40.3 Å². The zero-order valence-electron chi connectivity index (χ0n) is 14.5. The van der Waals surface area contributed by atoms with Crippen molar-refractivity contribution in [1.82, 2.24) is 0 Å². The van der Waals surface area contributed by atoms with E-state index in [4.69, 9.17) is 0 Å². The summed E-state index contributed by atoms with van der Waals surface area (Å²) in [7, 11) is -1.60. The smallest absolute Gasteiger partial charge is 1.00 e. The van der Waals surface area contributed by atoms with Gasteiger partial charge in [-0.25, -0.2) is 0 Å². The number of rotatable bonds is 6. The van der Waals surface area contributed by atoms with E-state index in [0.29, 0.717) is 13.2 Å². The Bertz CT molecular complexity index is 556. The van der Waals surface area contributed by atoms with Crippen LogP contribution in [-0.4, -0.2) is 31.5 Å². The molecule has 0 atom stereocenters. The van der Waals surface area contributed by atoms with Gasteiger partial charge in [0.25, 0.3) is 0 Å². The molecule has 1 heterocycles. The fraction of sp³-hybridized carbons (Fsp3) is 0.556. The van der Waals surface area contributed by atoms with E-state index in [1.54, 1.807) is 28.1 Å². The van der Waals surface area contributed by atoms with Crippen molar-refractivity contribution in [2.45, 2.75) is 51.6 Å². The van der Waals surface area contributed by atoms with Crippen LogP contribution >= 0.6 is 0 Å². The summed E-state index contributed by atoms with van der Waals surface area (Å²) in [6.07, 6.45) is 11.4. The Morgan fingerprint density at radius 3 is 1.67 bits per heavy atom. The number of hydrogen-bond donors (Lipinski definition) is 2. The minimum Gasteiger partial charge on any atom is -1.00 e. The number of aliphatic hydroxyl groups excluding tert-OH is 2. The van der Waals surface area contributed by atoms with Crippen LogP contribution in [0.1, 0.15) is 38.5 Å². The number of fused-ring (bicyclic) bond motifs is 2. The van der Waals surface area contributed by atoms with Gasteiger partial charge in [0.2, 0.25) is 0 Å². The number of hydrogen-bond acceptors (Lipinski definition) is 2. The molecule has 4 bridgehead atoms. The van der Waals surface area contributed by atoms with Crippen molar-refractivity contribution in [2.75, 3.05) is 13.2 Å². The second-order valence-corrected chi connectivity index (χ2v) is 14.9. The third-order valence-corrected chi connectivity index (χ3v) is 12.9. The Hall–Kier alpha value is 0.560. The molecule has 0 aromatic carbocycles. The van der Waals surface area contributed by atoms with E-state index in [0.717, 1.165) is 25.7 Å². The Kier molecular flexibility index (Phi) is 8.93. The predicted octanol–water partition coefficient (Wildman–Crippen LogP) is -2.41. The Labute approximate surface area is 170 Å². The molecule has 0 spiro atoms. The molecule has 0 radical (unpaired) electrons. The quantitative estimate of drug-likeness (QED) is 0.430. The van der Waals surface area contributed by atoms with E-state index in [2.05, 4.69) is 25.2 Å². The summed E-state index contributed by atoms with van der Waals surface area (Å²) >= 11 is -0.645.